The van der Waals surface area contributed by atoms with E-state index in [1.165, 1.54) is 0 Å². The van der Waals surface area contributed by atoms with Gasteiger partial charge in [-0.15, -0.1) is 0 Å². The number of anilines is 1. The molecule has 2 rings (SSSR count). The van der Waals surface area contributed by atoms with Gasteiger partial charge in [0.15, 0.2) is 17.5 Å². The van der Waals surface area contributed by atoms with Crippen LogP contribution in [-0.2, 0) is 13.6 Å². The number of aryl methyl sites for hydroxylation is 1. The van der Waals surface area contributed by atoms with Gasteiger partial charge in [-0.3, -0.25) is 4.68 Å². The lowest BCUT2D eigenvalue weighted by Crippen LogP contribution is -2.22. The summed E-state index contributed by atoms with van der Waals surface area (Å²) >= 11 is 3.42. The van der Waals surface area contributed by atoms with Crippen LogP contribution < -0.4 is 20.5 Å². The van der Waals surface area contributed by atoms with Gasteiger partial charge in [0.1, 0.15) is 0 Å². The summed E-state index contributed by atoms with van der Waals surface area (Å²) in [7, 11) is 5.02. The van der Waals surface area contributed by atoms with Gasteiger partial charge in [-0.25, -0.2) is 4.99 Å². The first kappa shape index (κ1) is 16.2. The zero-order valence-electron chi connectivity index (χ0n) is 12.6. The molecule has 22 heavy (non-hydrogen) atoms. The molecular formula is C14H18BrN5O2. The first-order chi connectivity index (χ1) is 10.5. The summed E-state index contributed by atoms with van der Waals surface area (Å²) in [6.45, 7) is 0.382. The first-order valence-electron chi connectivity index (χ1n) is 6.50. The van der Waals surface area contributed by atoms with E-state index >= 15 is 0 Å². The lowest BCUT2D eigenvalue weighted by Gasteiger charge is -2.10. The van der Waals surface area contributed by atoms with Crippen molar-refractivity contribution in [1.82, 2.24) is 9.78 Å². The molecule has 1 aromatic carbocycles. The molecule has 0 unspecified atom stereocenters. The van der Waals surface area contributed by atoms with Gasteiger partial charge in [-0.2, -0.15) is 5.10 Å². The highest BCUT2D eigenvalue weighted by Crippen LogP contribution is 2.29. The average Bonchev–Trinajstić information content (AvgIpc) is 2.82. The summed E-state index contributed by atoms with van der Waals surface area (Å²) in [6, 6.07) is 5.42. The molecule has 0 aliphatic heterocycles. The number of halogens is 1. The molecule has 1 heterocycles. The Bertz CT molecular complexity index is 684. The van der Waals surface area contributed by atoms with E-state index in [1.54, 1.807) is 31.0 Å². The number of aliphatic imine (C=N–C) groups is 1. The minimum absolute atomic E-state index is 0.296. The van der Waals surface area contributed by atoms with Crippen LogP contribution in [0.15, 0.2) is 33.9 Å². The zero-order chi connectivity index (χ0) is 16.1. The highest BCUT2D eigenvalue weighted by Gasteiger charge is 2.06. The fraction of sp³-hybridized carbons (Fsp3) is 0.286. The van der Waals surface area contributed by atoms with Crippen molar-refractivity contribution in [3.05, 3.63) is 34.6 Å². The van der Waals surface area contributed by atoms with Gasteiger partial charge < -0.3 is 20.5 Å². The Morgan fingerprint density at radius 2 is 2.09 bits per heavy atom. The number of hydrogen-bond acceptors (Lipinski definition) is 4. The van der Waals surface area contributed by atoms with Crippen molar-refractivity contribution in [1.29, 1.82) is 0 Å². The van der Waals surface area contributed by atoms with Crippen LogP contribution in [0.3, 0.4) is 0 Å². The molecule has 0 atom stereocenters. The second-order valence-electron chi connectivity index (χ2n) is 4.49. The van der Waals surface area contributed by atoms with Gasteiger partial charge in [0.25, 0.3) is 0 Å². The molecule has 0 fully saturated rings. The van der Waals surface area contributed by atoms with Crippen molar-refractivity contribution in [2.75, 3.05) is 19.5 Å². The largest absolute Gasteiger partial charge is 0.493 e. The van der Waals surface area contributed by atoms with Crippen LogP contribution in [0.1, 0.15) is 5.69 Å². The molecule has 0 radical (unpaired) electrons. The number of hydrogen-bond donors (Lipinski definition) is 2. The van der Waals surface area contributed by atoms with Crippen molar-refractivity contribution in [2.45, 2.75) is 6.54 Å². The summed E-state index contributed by atoms with van der Waals surface area (Å²) in [4.78, 5) is 4.27. The highest BCUT2D eigenvalue weighted by molar-refractivity contribution is 9.10. The standard InChI is InChI=1S/C14H18BrN5O2/c1-20-8-10(15)11(19-20)7-17-14(16)18-9-4-5-12(21-2)13(6-9)22-3/h4-6,8H,7H2,1-3H3,(H3,16,17,18). The van der Waals surface area contributed by atoms with Crippen LogP contribution in [0, 0.1) is 0 Å². The predicted octanol–water partition coefficient (Wildman–Crippen LogP) is 2.13. The number of rotatable bonds is 5. The van der Waals surface area contributed by atoms with Crippen molar-refractivity contribution >= 4 is 27.6 Å². The molecule has 0 saturated heterocycles. The molecule has 3 N–H and O–H groups in total. The smallest absolute Gasteiger partial charge is 0.193 e. The predicted molar refractivity (Wildman–Crippen MR) is 89.4 cm³/mol. The summed E-state index contributed by atoms with van der Waals surface area (Å²) in [5, 5.41) is 7.29. The number of methoxy groups -OCH3 is 2. The van der Waals surface area contributed by atoms with Crippen molar-refractivity contribution in [3.63, 3.8) is 0 Å². The van der Waals surface area contributed by atoms with E-state index in [2.05, 4.69) is 31.3 Å². The van der Waals surface area contributed by atoms with Gasteiger partial charge in [0.2, 0.25) is 0 Å². The second kappa shape index (κ2) is 7.17. The molecule has 0 aliphatic carbocycles. The molecule has 1 aromatic heterocycles. The second-order valence-corrected chi connectivity index (χ2v) is 5.35. The maximum Gasteiger partial charge on any atom is 0.193 e. The Hall–Kier alpha value is -2.22. The van der Waals surface area contributed by atoms with Crippen LogP contribution in [0.5, 0.6) is 11.5 Å². The number of ether oxygens (including phenoxy) is 2. The van der Waals surface area contributed by atoms with Crippen LogP contribution in [0.2, 0.25) is 0 Å². The van der Waals surface area contributed by atoms with E-state index < -0.39 is 0 Å². The molecule has 118 valence electrons. The number of nitrogens with two attached hydrogens (primary N) is 1. The molecule has 0 bridgehead atoms. The van der Waals surface area contributed by atoms with Crippen molar-refractivity contribution < 1.29 is 9.47 Å². The van der Waals surface area contributed by atoms with Crippen molar-refractivity contribution in [2.24, 2.45) is 17.8 Å². The Balaban J connectivity index is 2.06. The monoisotopic (exact) mass is 367 g/mol. The molecule has 2 aromatic rings. The minimum atomic E-state index is 0.296. The van der Waals surface area contributed by atoms with Crippen LogP contribution in [-0.4, -0.2) is 30.0 Å². The quantitative estimate of drug-likeness (QED) is 0.624. The van der Waals surface area contributed by atoms with E-state index in [-0.39, 0.29) is 0 Å². The number of aromatic nitrogens is 2. The molecule has 0 saturated carbocycles. The molecule has 7 nitrogen and oxygen atoms in total. The Labute approximate surface area is 137 Å². The van der Waals surface area contributed by atoms with Gasteiger partial charge in [-0.05, 0) is 28.1 Å². The third-order valence-electron chi connectivity index (χ3n) is 2.91. The van der Waals surface area contributed by atoms with E-state index in [9.17, 15) is 0 Å². The molecule has 0 spiro atoms. The lowest BCUT2D eigenvalue weighted by atomic mass is 10.3. The van der Waals surface area contributed by atoms with Crippen LogP contribution in [0.25, 0.3) is 0 Å². The van der Waals surface area contributed by atoms with E-state index in [0.29, 0.717) is 24.0 Å². The van der Waals surface area contributed by atoms with E-state index in [1.807, 2.05) is 19.3 Å². The summed E-state index contributed by atoms with van der Waals surface area (Å²) < 4.78 is 13.0. The Morgan fingerprint density at radius 1 is 1.36 bits per heavy atom. The van der Waals surface area contributed by atoms with Gasteiger partial charge in [0, 0.05) is 25.0 Å². The topological polar surface area (TPSA) is 86.7 Å². The summed E-state index contributed by atoms with van der Waals surface area (Å²) in [6.07, 6.45) is 1.86. The number of guanidine groups is 1. The third-order valence-corrected chi connectivity index (χ3v) is 3.57. The fourth-order valence-electron chi connectivity index (χ4n) is 1.87. The van der Waals surface area contributed by atoms with Gasteiger partial charge >= 0.3 is 0 Å². The number of nitrogens with zero attached hydrogens (tertiary/aromatic N) is 3. The molecule has 0 amide bonds. The fourth-order valence-corrected chi connectivity index (χ4v) is 2.38. The molecular weight excluding hydrogens is 350 g/mol. The molecule has 0 aliphatic rings. The van der Waals surface area contributed by atoms with E-state index in [0.717, 1.165) is 15.9 Å². The van der Waals surface area contributed by atoms with Crippen LogP contribution >= 0.6 is 15.9 Å². The Morgan fingerprint density at radius 3 is 2.68 bits per heavy atom. The normalized spacial score (nSPS) is 11.4. The first-order valence-corrected chi connectivity index (χ1v) is 7.29. The van der Waals surface area contributed by atoms with Crippen LogP contribution in [0.4, 0.5) is 5.69 Å². The maximum absolute atomic E-state index is 5.89. The number of benzene rings is 1. The van der Waals surface area contributed by atoms with Gasteiger partial charge in [-0.1, -0.05) is 0 Å². The van der Waals surface area contributed by atoms with E-state index in [4.69, 9.17) is 15.2 Å². The highest BCUT2D eigenvalue weighted by atomic mass is 79.9. The van der Waals surface area contributed by atoms with Gasteiger partial charge in [0.05, 0.1) is 30.9 Å². The lowest BCUT2D eigenvalue weighted by molar-refractivity contribution is 0.355. The third kappa shape index (κ3) is 3.91. The minimum Gasteiger partial charge on any atom is -0.493 e. The summed E-state index contributed by atoms with van der Waals surface area (Å²) in [5.41, 5.74) is 7.47. The Kier molecular flexibility index (Phi) is 5.26. The maximum atomic E-state index is 5.89. The number of nitrogens with one attached hydrogen (secondary N) is 1. The molecule has 8 heteroatoms. The summed E-state index contributed by atoms with van der Waals surface area (Å²) in [5.74, 6) is 1.57. The average molecular weight is 368 g/mol. The zero-order valence-corrected chi connectivity index (χ0v) is 14.2. The SMILES string of the molecule is COc1ccc(NC(N)=NCc2nn(C)cc2Br)cc1OC. The van der Waals surface area contributed by atoms with Crippen molar-refractivity contribution in [3.8, 4) is 11.5 Å².